The van der Waals surface area contributed by atoms with E-state index in [0.29, 0.717) is 12.0 Å². The molecule has 0 saturated carbocycles. The van der Waals surface area contributed by atoms with Crippen LogP contribution in [0, 0.1) is 10.1 Å². The van der Waals surface area contributed by atoms with Gasteiger partial charge in [-0.25, -0.2) is 9.59 Å². The van der Waals surface area contributed by atoms with Crippen molar-refractivity contribution in [3.8, 4) is 0 Å². The van der Waals surface area contributed by atoms with Crippen molar-refractivity contribution in [2.24, 2.45) is 0 Å². The maximum absolute atomic E-state index is 12.2. The van der Waals surface area contributed by atoms with Crippen molar-refractivity contribution in [2.75, 3.05) is 6.54 Å². The van der Waals surface area contributed by atoms with E-state index in [9.17, 15) is 29.6 Å². The zero-order valence-corrected chi connectivity index (χ0v) is 13.3. The van der Waals surface area contributed by atoms with E-state index < -0.39 is 28.7 Å². The lowest BCUT2D eigenvalue weighted by Gasteiger charge is -2.32. The Balaban J connectivity index is 2.07. The number of aliphatic carboxylic acids is 1. The van der Waals surface area contributed by atoms with Crippen LogP contribution in [0.25, 0.3) is 0 Å². The molecule has 1 aromatic carbocycles. The van der Waals surface area contributed by atoms with Gasteiger partial charge in [-0.15, -0.1) is 0 Å². The molecule has 25 heavy (non-hydrogen) atoms. The quantitative estimate of drug-likeness (QED) is 0.480. The highest BCUT2D eigenvalue weighted by atomic mass is 16.6. The first-order chi connectivity index (χ1) is 11.8. The van der Waals surface area contributed by atoms with Crippen molar-refractivity contribution in [3.05, 3.63) is 39.9 Å². The van der Waals surface area contributed by atoms with E-state index in [1.807, 2.05) is 0 Å². The molecule has 134 valence electrons. The number of hydrogen-bond acceptors (Lipinski definition) is 7. The number of carbonyl (C=O) groups excluding carboxylic acids is 2. The van der Waals surface area contributed by atoms with Crippen LogP contribution in [-0.4, -0.2) is 45.2 Å². The van der Waals surface area contributed by atoms with Gasteiger partial charge in [0.2, 0.25) is 0 Å². The molecule has 1 fully saturated rings. The maximum atomic E-state index is 12.2. The molecule has 1 unspecified atom stereocenters. The monoisotopic (exact) mass is 352 g/mol. The van der Waals surface area contributed by atoms with Gasteiger partial charge in [-0.1, -0.05) is 0 Å². The Morgan fingerprint density at radius 2 is 1.96 bits per heavy atom. The average molecular weight is 352 g/mol. The summed E-state index contributed by atoms with van der Waals surface area (Å²) in [6.07, 6.45) is -0.639. The van der Waals surface area contributed by atoms with Crippen LogP contribution in [0.15, 0.2) is 24.3 Å². The molecule has 1 amide bonds. The molecule has 1 aromatic rings. The molecule has 1 saturated heterocycles. The average Bonchev–Trinajstić information content (AvgIpc) is 2.97. The molecule has 1 aliphatic heterocycles. The number of carboxylic acid groups (broad SMARTS) is 1. The Bertz CT molecular complexity index is 702. The van der Waals surface area contributed by atoms with Gasteiger partial charge in [0.15, 0.2) is 0 Å². The molecule has 0 bridgehead atoms. The van der Waals surface area contributed by atoms with Gasteiger partial charge in [0.25, 0.3) is 11.4 Å². The van der Waals surface area contributed by atoms with Crippen LogP contribution in [0.1, 0.15) is 25.3 Å². The summed E-state index contributed by atoms with van der Waals surface area (Å²) in [6, 6.07) is 5.37. The molecule has 1 heterocycles. The molecule has 1 aliphatic rings. The van der Waals surface area contributed by atoms with Gasteiger partial charge < -0.3 is 14.6 Å². The van der Waals surface area contributed by atoms with Crippen LogP contribution >= 0.6 is 0 Å². The number of likely N-dealkylation sites (tertiary alicyclic amines) is 1. The molecule has 0 radical (unpaired) electrons. The highest BCUT2D eigenvalue weighted by molar-refractivity contribution is 5.86. The van der Waals surface area contributed by atoms with Gasteiger partial charge >= 0.3 is 18.0 Å². The van der Waals surface area contributed by atoms with Crippen LogP contribution < -0.4 is 0 Å². The zero-order valence-electron chi connectivity index (χ0n) is 13.3. The van der Waals surface area contributed by atoms with E-state index in [2.05, 4.69) is 0 Å². The number of carbonyl (C=O) groups is 3. The lowest BCUT2D eigenvalue weighted by atomic mass is 10.1. The predicted octanol–water partition coefficient (Wildman–Crippen LogP) is 1.67. The summed E-state index contributed by atoms with van der Waals surface area (Å²) in [5.41, 5.74) is -1.68. The van der Waals surface area contributed by atoms with Gasteiger partial charge in [-0.2, -0.15) is 0 Å². The molecule has 0 spiro atoms. The Morgan fingerprint density at radius 1 is 1.32 bits per heavy atom. The first kappa shape index (κ1) is 18.2. The molecule has 2 rings (SSSR count). The number of nitro benzene ring substituents is 1. The summed E-state index contributed by atoms with van der Waals surface area (Å²) < 4.78 is 9.96. The number of non-ortho nitro benzene ring substituents is 1. The van der Waals surface area contributed by atoms with E-state index in [4.69, 9.17) is 9.47 Å². The van der Waals surface area contributed by atoms with Crippen molar-refractivity contribution in [1.29, 1.82) is 0 Å². The number of esters is 1. The Hall–Kier alpha value is -3.17. The van der Waals surface area contributed by atoms with Crippen LogP contribution in [0.2, 0.25) is 0 Å². The highest BCUT2D eigenvalue weighted by Gasteiger charge is 2.54. The van der Waals surface area contributed by atoms with Crippen LogP contribution in [0.4, 0.5) is 10.5 Å². The number of ether oxygens (including phenoxy) is 2. The second-order valence-electron chi connectivity index (χ2n) is 5.42. The lowest BCUT2D eigenvalue weighted by molar-refractivity contribution is -0.384. The fourth-order valence-corrected chi connectivity index (χ4v) is 2.58. The SMILES string of the molecule is CC(=O)OC1(C(=O)O)CCCN1C(=O)OCc1ccc([N+](=O)[O-])cc1. The van der Waals surface area contributed by atoms with E-state index in [0.717, 1.165) is 11.8 Å². The van der Waals surface area contributed by atoms with Gasteiger partial charge in [0.1, 0.15) is 6.61 Å². The smallest absolute Gasteiger partial charge is 0.413 e. The number of nitrogens with zero attached hydrogens (tertiary/aromatic N) is 2. The van der Waals surface area contributed by atoms with Crippen molar-refractivity contribution >= 4 is 23.7 Å². The second kappa shape index (κ2) is 7.16. The minimum atomic E-state index is -2.07. The standard InChI is InChI=1S/C15H16N2O8/c1-10(18)25-15(13(19)20)7-2-8-16(15)14(21)24-9-11-3-5-12(6-4-11)17(22)23/h3-6H,2,7-9H2,1H3,(H,19,20). The number of amides is 1. The normalized spacial score (nSPS) is 19.3. The van der Waals surface area contributed by atoms with Gasteiger partial charge in [-0.05, 0) is 24.1 Å². The lowest BCUT2D eigenvalue weighted by Crippen LogP contribution is -2.55. The van der Waals surface area contributed by atoms with Crippen LogP contribution in [0.5, 0.6) is 0 Å². The first-order valence-electron chi connectivity index (χ1n) is 7.37. The number of carboxylic acids is 1. The molecule has 10 nitrogen and oxygen atoms in total. The van der Waals surface area contributed by atoms with E-state index in [1.54, 1.807) is 0 Å². The minimum absolute atomic E-state index is 0.0332. The summed E-state index contributed by atoms with van der Waals surface area (Å²) in [5.74, 6) is -2.27. The van der Waals surface area contributed by atoms with E-state index in [-0.39, 0.29) is 25.3 Å². The summed E-state index contributed by atoms with van der Waals surface area (Å²) >= 11 is 0. The fraction of sp³-hybridized carbons (Fsp3) is 0.400. The molecule has 1 atom stereocenters. The second-order valence-corrected chi connectivity index (χ2v) is 5.42. The van der Waals surface area contributed by atoms with E-state index in [1.165, 1.54) is 24.3 Å². The van der Waals surface area contributed by atoms with E-state index >= 15 is 0 Å². The van der Waals surface area contributed by atoms with Crippen LogP contribution in [-0.2, 0) is 25.7 Å². The van der Waals surface area contributed by atoms with Crippen molar-refractivity contribution in [1.82, 2.24) is 4.90 Å². The summed E-state index contributed by atoms with van der Waals surface area (Å²) in [7, 11) is 0. The third-order valence-corrected chi connectivity index (χ3v) is 3.71. The topological polar surface area (TPSA) is 136 Å². The van der Waals surface area contributed by atoms with Gasteiger partial charge in [0.05, 0.1) is 4.92 Å². The predicted molar refractivity (Wildman–Crippen MR) is 81.4 cm³/mol. The maximum Gasteiger partial charge on any atom is 0.413 e. The Morgan fingerprint density at radius 3 is 2.48 bits per heavy atom. The number of benzene rings is 1. The molecule has 0 aromatic heterocycles. The van der Waals surface area contributed by atoms with Gasteiger partial charge in [-0.3, -0.25) is 19.8 Å². The van der Waals surface area contributed by atoms with Gasteiger partial charge in [0, 0.05) is 32.0 Å². The summed E-state index contributed by atoms with van der Waals surface area (Å²) in [4.78, 5) is 45.9. The number of nitro groups is 1. The zero-order chi connectivity index (χ0) is 18.6. The summed E-state index contributed by atoms with van der Waals surface area (Å²) in [5, 5.41) is 20.0. The third kappa shape index (κ3) is 3.84. The third-order valence-electron chi connectivity index (χ3n) is 3.71. The Kier molecular flexibility index (Phi) is 5.20. The number of hydrogen-bond donors (Lipinski definition) is 1. The molecular formula is C15H16N2O8. The van der Waals surface area contributed by atoms with Crippen molar-refractivity contribution in [3.63, 3.8) is 0 Å². The van der Waals surface area contributed by atoms with Crippen molar-refractivity contribution < 1.29 is 33.9 Å². The fourth-order valence-electron chi connectivity index (χ4n) is 2.58. The van der Waals surface area contributed by atoms with Crippen LogP contribution in [0.3, 0.4) is 0 Å². The summed E-state index contributed by atoms with van der Waals surface area (Å²) in [6.45, 7) is 0.922. The minimum Gasteiger partial charge on any atom is -0.477 e. The van der Waals surface area contributed by atoms with Crippen molar-refractivity contribution in [2.45, 2.75) is 32.1 Å². The largest absolute Gasteiger partial charge is 0.477 e. The Labute approximate surface area is 142 Å². The molecule has 0 aliphatic carbocycles. The highest BCUT2D eigenvalue weighted by Crippen LogP contribution is 2.32. The molecular weight excluding hydrogens is 336 g/mol. The molecule has 10 heteroatoms. The first-order valence-corrected chi connectivity index (χ1v) is 7.37. The number of rotatable bonds is 5. The molecule has 1 N–H and O–H groups in total.